The lowest BCUT2D eigenvalue weighted by Crippen LogP contribution is -2.40. The first-order valence-corrected chi connectivity index (χ1v) is 11.0. The van der Waals surface area contributed by atoms with Crippen LogP contribution in [0.3, 0.4) is 0 Å². The Morgan fingerprint density at radius 1 is 1.24 bits per heavy atom. The summed E-state index contributed by atoms with van der Waals surface area (Å²) in [6.07, 6.45) is 10.8. The minimum Gasteiger partial charge on any atom is -0.491 e. The van der Waals surface area contributed by atoms with E-state index >= 15 is 0 Å². The zero-order chi connectivity index (χ0) is 20.3. The predicted molar refractivity (Wildman–Crippen MR) is 116 cm³/mol. The Kier molecular flexibility index (Phi) is 8.99. The van der Waals surface area contributed by atoms with Gasteiger partial charge in [0.25, 0.3) is 0 Å². The van der Waals surface area contributed by atoms with Gasteiger partial charge in [0, 0.05) is 43.6 Å². The van der Waals surface area contributed by atoms with Crippen LogP contribution in [0.25, 0.3) is 0 Å². The molecular weight excluding hydrogens is 364 g/mol. The van der Waals surface area contributed by atoms with Crippen LogP contribution >= 0.6 is 0 Å². The van der Waals surface area contributed by atoms with Crippen LogP contribution in [0.4, 0.5) is 0 Å². The fraction of sp³-hybridized carbons (Fsp3) is 0.609. The maximum atomic E-state index is 10.4. The van der Waals surface area contributed by atoms with Crippen LogP contribution < -0.4 is 10.1 Å². The van der Waals surface area contributed by atoms with E-state index in [0.717, 1.165) is 37.4 Å². The molecule has 6 nitrogen and oxygen atoms in total. The molecule has 1 heterocycles. The van der Waals surface area contributed by atoms with E-state index in [0.29, 0.717) is 19.2 Å². The lowest BCUT2D eigenvalue weighted by molar-refractivity contribution is 0.0558. The van der Waals surface area contributed by atoms with E-state index in [1.165, 1.54) is 32.1 Å². The summed E-state index contributed by atoms with van der Waals surface area (Å²) in [5.41, 5.74) is 1.12. The number of hydrogen-bond donors (Lipinski definition) is 2. The number of hydrogen-bond acceptors (Lipinski definition) is 5. The molecule has 1 fully saturated rings. The van der Waals surface area contributed by atoms with Crippen LogP contribution in [0.15, 0.2) is 42.7 Å². The third-order valence-electron chi connectivity index (χ3n) is 5.72. The van der Waals surface area contributed by atoms with Gasteiger partial charge in [-0.1, -0.05) is 37.5 Å². The molecular formula is C23H36N4O2. The highest BCUT2D eigenvalue weighted by Crippen LogP contribution is 2.22. The molecule has 160 valence electrons. The summed E-state index contributed by atoms with van der Waals surface area (Å²) in [6, 6.07) is 10.6. The topological polar surface area (TPSA) is 62.6 Å². The second kappa shape index (κ2) is 12.0. The predicted octanol–water partition coefficient (Wildman–Crippen LogP) is 3.07. The third-order valence-corrected chi connectivity index (χ3v) is 5.72. The van der Waals surface area contributed by atoms with Crippen LogP contribution in [0.1, 0.15) is 44.1 Å². The maximum Gasteiger partial charge on any atom is 0.123 e. The normalized spacial score (nSPS) is 16.2. The van der Waals surface area contributed by atoms with Gasteiger partial charge < -0.3 is 20.1 Å². The molecule has 1 saturated carbocycles. The summed E-state index contributed by atoms with van der Waals surface area (Å²) in [6.45, 7) is 3.58. The van der Waals surface area contributed by atoms with Crippen molar-refractivity contribution in [2.24, 2.45) is 0 Å². The average molecular weight is 401 g/mol. The first-order valence-electron chi connectivity index (χ1n) is 11.0. The number of rotatable bonds is 12. The Hall–Kier alpha value is -1.89. The molecule has 1 aliphatic carbocycles. The van der Waals surface area contributed by atoms with Crippen molar-refractivity contribution in [3.05, 3.63) is 48.3 Å². The summed E-state index contributed by atoms with van der Waals surface area (Å²) in [7, 11) is 2.13. The summed E-state index contributed by atoms with van der Waals surface area (Å²) in [5.74, 6) is 0.853. The van der Waals surface area contributed by atoms with Crippen molar-refractivity contribution in [2.45, 2.75) is 63.8 Å². The van der Waals surface area contributed by atoms with E-state index < -0.39 is 6.10 Å². The van der Waals surface area contributed by atoms with Crippen molar-refractivity contribution in [3.8, 4) is 5.75 Å². The van der Waals surface area contributed by atoms with Gasteiger partial charge in [0.15, 0.2) is 0 Å². The first kappa shape index (κ1) is 21.8. The van der Waals surface area contributed by atoms with Gasteiger partial charge >= 0.3 is 0 Å². The third kappa shape index (κ3) is 7.46. The molecule has 1 unspecified atom stereocenters. The molecule has 0 aliphatic heterocycles. The van der Waals surface area contributed by atoms with Crippen molar-refractivity contribution in [2.75, 3.05) is 26.7 Å². The fourth-order valence-corrected chi connectivity index (χ4v) is 4.05. The van der Waals surface area contributed by atoms with Crippen LogP contribution in [-0.4, -0.2) is 58.7 Å². The van der Waals surface area contributed by atoms with E-state index in [2.05, 4.69) is 28.4 Å². The second-order valence-electron chi connectivity index (χ2n) is 8.10. The van der Waals surface area contributed by atoms with Crippen LogP contribution in [0.5, 0.6) is 5.75 Å². The summed E-state index contributed by atoms with van der Waals surface area (Å²) in [4.78, 5) is 2.31. The number of nitrogens with zero attached hydrogens (tertiary/aromatic N) is 3. The molecule has 3 rings (SSSR count). The Balaban J connectivity index is 1.37. The van der Waals surface area contributed by atoms with Crippen molar-refractivity contribution in [3.63, 3.8) is 0 Å². The molecule has 0 saturated heterocycles. The van der Waals surface area contributed by atoms with Gasteiger partial charge in [-0.3, -0.25) is 4.68 Å². The molecule has 1 atom stereocenters. The molecule has 1 aliphatic rings. The lowest BCUT2D eigenvalue weighted by Gasteiger charge is -2.32. The number of nitrogens with one attached hydrogen (secondary N) is 1. The number of benzene rings is 1. The highest BCUT2D eigenvalue weighted by atomic mass is 16.5. The van der Waals surface area contributed by atoms with Gasteiger partial charge in [0.2, 0.25) is 0 Å². The second-order valence-corrected chi connectivity index (χ2v) is 8.10. The van der Waals surface area contributed by atoms with Crippen molar-refractivity contribution >= 4 is 0 Å². The Morgan fingerprint density at radius 2 is 2.07 bits per heavy atom. The quantitative estimate of drug-likeness (QED) is 0.536. The maximum absolute atomic E-state index is 10.4. The van der Waals surface area contributed by atoms with Gasteiger partial charge in [-0.15, -0.1) is 0 Å². The SMILES string of the molecule is CN(CC(O)COc1ccccc1CNCCCn1cccn1)C1CCCCC1. The average Bonchev–Trinajstić information content (AvgIpc) is 3.27. The van der Waals surface area contributed by atoms with Crippen LogP contribution in [0.2, 0.25) is 0 Å². The van der Waals surface area contributed by atoms with Crippen molar-refractivity contribution in [1.29, 1.82) is 0 Å². The Bertz CT molecular complexity index is 686. The zero-order valence-electron chi connectivity index (χ0n) is 17.7. The van der Waals surface area contributed by atoms with E-state index in [1.807, 2.05) is 41.3 Å². The van der Waals surface area contributed by atoms with Crippen LogP contribution in [-0.2, 0) is 13.1 Å². The lowest BCUT2D eigenvalue weighted by atomic mass is 9.94. The van der Waals surface area contributed by atoms with E-state index in [9.17, 15) is 5.11 Å². The fourth-order valence-electron chi connectivity index (χ4n) is 4.05. The molecule has 6 heteroatoms. The Morgan fingerprint density at radius 3 is 2.86 bits per heavy atom. The number of aryl methyl sites for hydroxylation is 1. The van der Waals surface area contributed by atoms with Crippen molar-refractivity contribution in [1.82, 2.24) is 20.0 Å². The van der Waals surface area contributed by atoms with Gasteiger partial charge in [0.1, 0.15) is 18.5 Å². The van der Waals surface area contributed by atoms with Gasteiger partial charge in [0.05, 0.1) is 0 Å². The highest BCUT2D eigenvalue weighted by molar-refractivity contribution is 5.33. The minimum atomic E-state index is -0.475. The van der Waals surface area contributed by atoms with E-state index in [4.69, 9.17) is 4.74 Å². The first-order chi connectivity index (χ1) is 14.2. The smallest absolute Gasteiger partial charge is 0.123 e. The summed E-state index contributed by atoms with van der Waals surface area (Å²) >= 11 is 0. The highest BCUT2D eigenvalue weighted by Gasteiger charge is 2.20. The standard InChI is InChI=1S/C23H36N4O2/c1-26(21-10-3-2-4-11-21)18-22(28)19-29-23-12-6-5-9-20(23)17-24-13-7-15-27-16-8-14-25-27/h5-6,8-9,12,14,16,21-22,24,28H,2-4,7,10-11,13,15,17-19H2,1H3. The number of ether oxygens (including phenoxy) is 1. The zero-order valence-corrected chi connectivity index (χ0v) is 17.7. The molecule has 1 aromatic carbocycles. The van der Waals surface area contributed by atoms with E-state index in [1.54, 1.807) is 0 Å². The molecule has 0 radical (unpaired) electrons. The van der Waals surface area contributed by atoms with Gasteiger partial charge in [-0.2, -0.15) is 5.10 Å². The molecule has 0 bridgehead atoms. The monoisotopic (exact) mass is 400 g/mol. The van der Waals surface area contributed by atoms with Crippen LogP contribution in [0, 0.1) is 0 Å². The summed E-state index contributed by atoms with van der Waals surface area (Å²) < 4.78 is 7.92. The van der Waals surface area contributed by atoms with Gasteiger partial charge in [-0.25, -0.2) is 0 Å². The van der Waals surface area contributed by atoms with E-state index in [-0.39, 0.29) is 0 Å². The van der Waals surface area contributed by atoms with Gasteiger partial charge in [-0.05, 0) is 45.0 Å². The molecule has 1 aromatic heterocycles. The number of aliphatic hydroxyl groups is 1. The molecule has 2 N–H and O–H groups in total. The van der Waals surface area contributed by atoms with Crippen molar-refractivity contribution < 1.29 is 9.84 Å². The number of aliphatic hydroxyl groups excluding tert-OH is 1. The molecule has 2 aromatic rings. The molecule has 29 heavy (non-hydrogen) atoms. The Labute approximate surface area is 174 Å². The number of para-hydroxylation sites is 1. The minimum absolute atomic E-state index is 0.327. The molecule has 0 amide bonds. The number of likely N-dealkylation sites (N-methyl/N-ethyl adjacent to an activating group) is 1. The molecule has 0 spiro atoms. The summed E-state index contributed by atoms with van der Waals surface area (Å²) in [5, 5.41) is 18.1. The largest absolute Gasteiger partial charge is 0.491 e. The number of aromatic nitrogens is 2.